The lowest BCUT2D eigenvalue weighted by molar-refractivity contribution is 0.471. The Bertz CT molecular complexity index is 483. The third kappa shape index (κ3) is 1.94. The van der Waals surface area contributed by atoms with Crippen LogP contribution in [0.5, 0.6) is 5.75 Å². The lowest BCUT2D eigenvalue weighted by Gasteiger charge is -2.03. The van der Waals surface area contributed by atoms with Crippen LogP contribution >= 0.6 is 0 Å². The van der Waals surface area contributed by atoms with E-state index in [0.717, 1.165) is 5.56 Å². The van der Waals surface area contributed by atoms with Crippen LogP contribution in [0.2, 0.25) is 0 Å². The Balaban J connectivity index is 2.44. The van der Waals surface area contributed by atoms with Crippen LogP contribution in [0.4, 0.5) is 0 Å². The molecule has 0 aliphatic rings. The van der Waals surface area contributed by atoms with Gasteiger partial charge in [-0.2, -0.15) is 5.10 Å². The van der Waals surface area contributed by atoms with Gasteiger partial charge in [-0.25, -0.2) is 0 Å². The molecule has 84 valence electrons. The van der Waals surface area contributed by atoms with Gasteiger partial charge in [-0.1, -0.05) is 29.8 Å². The van der Waals surface area contributed by atoms with Crippen molar-refractivity contribution in [3.05, 3.63) is 36.0 Å². The highest BCUT2D eigenvalue weighted by atomic mass is 16.3. The van der Waals surface area contributed by atoms with Crippen LogP contribution in [0.3, 0.4) is 0 Å². The molecule has 0 radical (unpaired) electrons. The molecule has 1 N–H and O–H groups in total. The van der Waals surface area contributed by atoms with Crippen LogP contribution in [0.15, 0.2) is 30.5 Å². The monoisotopic (exact) mass is 216 g/mol. The Labute approximate surface area is 95.3 Å². The summed E-state index contributed by atoms with van der Waals surface area (Å²) in [5.41, 5.74) is 2.79. The van der Waals surface area contributed by atoms with E-state index in [9.17, 15) is 5.11 Å². The van der Waals surface area contributed by atoms with Crippen molar-refractivity contribution in [2.24, 2.45) is 0 Å². The fourth-order valence-electron chi connectivity index (χ4n) is 1.56. The van der Waals surface area contributed by atoms with Gasteiger partial charge in [0.2, 0.25) is 0 Å². The maximum Gasteiger partial charge on any atom is 0.161 e. The summed E-state index contributed by atoms with van der Waals surface area (Å²) >= 11 is 0. The Morgan fingerprint density at radius 2 is 1.81 bits per heavy atom. The van der Waals surface area contributed by atoms with Gasteiger partial charge >= 0.3 is 0 Å². The molecule has 0 aliphatic heterocycles. The van der Waals surface area contributed by atoms with Gasteiger partial charge in [0.05, 0.1) is 6.20 Å². The van der Waals surface area contributed by atoms with Crippen LogP contribution < -0.4 is 0 Å². The molecule has 0 atom stereocenters. The van der Waals surface area contributed by atoms with Gasteiger partial charge in [0, 0.05) is 11.6 Å². The second kappa shape index (κ2) is 4.00. The molecular formula is C13H16N2O. The van der Waals surface area contributed by atoms with Crippen LogP contribution in [-0.2, 0) is 0 Å². The smallest absolute Gasteiger partial charge is 0.161 e. The normalized spacial score (nSPS) is 11.0. The Hall–Kier alpha value is -1.77. The third-order valence-corrected chi connectivity index (χ3v) is 2.57. The van der Waals surface area contributed by atoms with Crippen molar-refractivity contribution in [3.8, 4) is 17.0 Å². The van der Waals surface area contributed by atoms with E-state index in [1.807, 2.05) is 45.0 Å². The minimum atomic E-state index is 0.234. The molecule has 2 rings (SSSR count). The molecule has 0 aliphatic carbocycles. The van der Waals surface area contributed by atoms with Crippen molar-refractivity contribution in [1.29, 1.82) is 0 Å². The largest absolute Gasteiger partial charge is 0.504 e. The molecule has 2 aromatic rings. The Morgan fingerprint density at radius 1 is 1.19 bits per heavy atom. The number of hydrogen-bond acceptors (Lipinski definition) is 2. The second-order valence-corrected chi connectivity index (χ2v) is 4.30. The van der Waals surface area contributed by atoms with E-state index < -0.39 is 0 Å². The molecule has 0 fully saturated rings. The maximum atomic E-state index is 9.82. The number of nitrogens with zero attached hydrogens (tertiary/aromatic N) is 2. The summed E-state index contributed by atoms with van der Waals surface area (Å²) in [7, 11) is 0. The first-order chi connectivity index (χ1) is 7.58. The number of rotatable bonds is 2. The summed E-state index contributed by atoms with van der Waals surface area (Å²) in [4.78, 5) is 0. The molecule has 0 amide bonds. The van der Waals surface area contributed by atoms with Gasteiger partial charge in [0.15, 0.2) is 5.75 Å². The molecule has 1 aromatic heterocycles. The number of aromatic nitrogens is 2. The predicted octanol–water partition coefficient (Wildman–Crippen LogP) is 3.15. The molecule has 1 aromatic carbocycles. The van der Waals surface area contributed by atoms with Crippen LogP contribution in [-0.4, -0.2) is 14.9 Å². The fourth-order valence-corrected chi connectivity index (χ4v) is 1.56. The summed E-state index contributed by atoms with van der Waals surface area (Å²) in [5, 5.41) is 14.2. The van der Waals surface area contributed by atoms with Gasteiger partial charge in [0.25, 0.3) is 0 Å². The molecule has 1 heterocycles. The van der Waals surface area contributed by atoms with Gasteiger partial charge in [0.1, 0.15) is 5.69 Å². The van der Waals surface area contributed by atoms with Crippen molar-refractivity contribution in [2.75, 3.05) is 0 Å². The lowest BCUT2D eigenvalue weighted by atomic mass is 10.1. The molecule has 0 saturated carbocycles. The summed E-state index contributed by atoms with van der Waals surface area (Å²) < 4.78 is 1.77. The van der Waals surface area contributed by atoms with Gasteiger partial charge in [-0.3, -0.25) is 4.68 Å². The van der Waals surface area contributed by atoms with Crippen LogP contribution in [0.25, 0.3) is 11.3 Å². The van der Waals surface area contributed by atoms with E-state index in [1.54, 1.807) is 10.9 Å². The standard InChI is InChI=1S/C13H16N2O/c1-9(2)15-8-12(16)13(14-15)11-6-4-10(3)5-7-11/h4-9,16H,1-3H3. The highest BCUT2D eigenvalue weighted by Gasteiger charge is 2.11. The van der Waals surface area contributed by atoms with E-state index in [0.29, 0.717) is 5.69 Å². The third-order valence-electron chi connectivity index (χ3n) is 2.57. The van der Waals surface area contributed by atoms with E-state index >= 15 is 0 Å². The predicted molar refractivity (Wildman–Crippen MR) is 64.4 cm³/mol. The van der Waals surface area contributed by atoms with E-state index in [2.05, 4.69) is 5.10 Å². The van der Waals surface area contributed by atoms with Crippen molar-refractivity contribution >= 4 is 0 Å². The molecule has 3 heteroatoms. The van der Waals surface area contributed by atoms with Crippen molar-refractivity contribution in [3.63, 3.8) is 0 Å². The Morgan fingerprint density at radius 3 is 2.31 bits per heavy atom. The van der Waals surface area contributed by atoms with Gasteiger partial charge in [-0.15, -0.1) is 0 Å². The zero-order valence-electron chi connectivity index (χ0n) is 9.81. The Kier molecular flexibility index (Phi) is 2.69. The molecule has 0 spiro atoms. The fraction of sp³-hybridized carbons (Fsp3) is 0.308. The summed E-state index contributed by atoms with van der Waals surface area (Å²) in [6.07, 6.45) is 1.67. The average Bonchev–Trinajstić information content (AvgIpc) is 2.62. The summed E-state index contributed by atoms with van der Waals surface area (Å²) in [5.74, 6) is 0.234. The maximum absolute atomic E-state index is 9.82. The zero-order chi connectivity index (χ0) is 11.7. The van der Waals surface area contributed by atoms with Crippen molar-refractivity contribution in [1.82, 2.24) is 9.78 Å². The topological polar surface area (TPSA) is 38.0 Å². The highest BCUT2D eigenvalue weighted by Crippen LogP contribution is 2.28. The van der Waals surface area contributed by atoms with E-state index in [-0.39, 0.29) is 11.8 Å². The molecular weight excluding hydrogens is 200 g/mol. The number of hydrogen-bond donors (Lipinski definition) is 1. The SMILES string of the molecule is Cc1ccc(-c2nn(C(C)C)cc2O)cc1. The van der Waals surface area contributed by atoms with Crippen molar-refractivity contribution < 1.29 is 5.11 Å². The number of benzene rings is 1. The average molecular weight is 216 g/mol. The number of aryl methyl sites for hydroxylation is 1. The van der Waals surface area contributed by atoms with Crippen LogP contribution in [0.1, 0.15) is 25.5 Å². The summed E-state index contributed by atoms with van der Waals surface area (Å²) in [6.45, 7) is 6.10. The van der Waals surface area contributed by atoms with E-state index in [1.165, 1.54) is 5.56 Å². The van der Waals surface area contributed by atoms with Crippen molar-refractivity contribution in [2.45, 2.75) is 26.8 Å². The molecule has 0 saturated heterocycles. The minimum Gasteiger partial charge on any atom is -0.504 e. The molecule has 0 unspecified atom stereocenters. The zero-order valence-corrected chi connectivity index (χ0v) is 9.81. The first-order valence-corrected chi connectivity index (χ1v) is 5.43. The molecule has 3 nitrogen and oxygen atoms in total. The lowest BCUT2D eigenvalue weighted by Crippen LogP contribution is -2.00. The van der Waals surface area contributed by atoms with Gasteiger partial charge in [-0.05, 0) is 20.8 Å². The molecule has 0 bridgehead atoms. The van der Waals surface area contributed by atoms with Crippen LogP contribution in [0, 0.1) is 6.92 Å². The second-order valence-electron chi connectivity index (χ2n) is 4.30. The van der Waals surface area contributed by atoms with Gasteiger partial charge < -0.3 is 5.11 Å². The highest BCUT2D eigenvalue weighted by molar-refractivity contribution is 5.65. The quantitative estimate of drug-likeness (QED) is 0.837. The van der Waals surface area contributed by atoms with E-state index in [4.69, 9.17) is 0 Å². The first-order valence-electron chi connectivity index (χ1n) is 5.43. The number of aromatic hydroxyl groups is 1. The summed E-state index contributed by atoms with van der Waals surface area (Å²) in [6, 6.07) is 8.24. The first kappa shape index (κ1) is 10.7. The molecule has 16 heavy (non-hydrogen) atoms. The minimum absolute atomic E-state index is 0.234.